The van der Waals surface area contributed by atoms with Gasteiger partial charge >= 0.3 is 0 Å². The standard InChI is InChI=1S/C24H23F5N4O2/c1-11(14-4-3-5-15(18(14)25)19(26)27)30-20-16-8-17(24(6-7-24)23(28)29)22(35-13-9-34-10-13)33-21(16)32-12(2)31-20/h3-5,8,11,13,19,23H,6-7,9-10H2,1-2H3,(H,30,31,32,33). The van der Waals surface area contributed by atoms with E-state index in [0.29, 0.717) is 24.4 Å². The van der Waals surface area contributed by atoms with Crippen LogP contribution >= 0.6 is 0 Å². The molecule has 0 spiro atoms. The molecule has 0 radical (unpaired) electrons. The second-order valence-electron chi connectivity index (χ2n) is 8.98. The Labute approximate surface area is 197 Å². The van der Waals surface area contributed by atoms with Gasteiger partial charge in [0.15, 0.2) is 5.65 Å². The first-order valence-corrected chi connectivity index (χ1v) is 11.2. The largest absolute Gasteiger partial charge is 0.469 e. The third-order valence-electron chi connectivity index (χ3n) is 6.51. The van der Waals surface area contributed by atoms with Crippen molar-refractivity contribution in [1.82, 2.24) is 15.0 Å². The number of fused-ring (bicyclic) bond motifs is 1. The molecule has 186 valence electrons. The highest BCUT2D eigenvalue weighted by Gasteiger charge is 2.55. The van der Waals surface area contributed by atoms with Crippen LogP contribution in [-0.4, -0.2) is 40.7 Å². The lowest BCUT2D eigenvalue weighted by atomic mass is 9.96. The molecule has 2 aromatic heterocycles. The molecule has 1 saturated heterocycles. The van der Waals surface area contributed by atoms with E-state index in [4.69, 9.17) is 9.47 Å². The molecule has 2 fully saturated rings. The molecule has 1 saturated carbocycles. The van der Waals surface area contributed by atoms with Gasteiger partial charge in [0.1, 0.15) is 23.6 Å². The van der Waals surface area contributed by atoms with Crippen molar-refractivity contribution in [2.24, 2.45) is 0 Å². The van der Waals surface area contributed by atoms with E-state index in [9.17, 15) is 22.0 Å². The Balaban J connectivity index is 1.58. The van der Waals surface area contributed by atoms with Crippen LogP contribution in [0.15, 0.2) is 24.3 Å². The van der Waals surface area contributed by atoms with Crippen LogP contribution in [0.1, 0.15) is 54.7 Å². The molecule has 3 heterocycles. The highest BCUT2D eigenvalue weighted by atomic mass is 19.3. The van der Waals surface area contributed by atoms with E-state index in [-0.39, 0.29) is 47.4 Å². The number of nitrogens with one attached hydrogen (secondary N) is 1. The molecule has 6 nitrogen and oxygen atoms in total. The van der Waals surface area contributed by atoms with Crippen LogP contribution in [0.2, 0.25) is 0 Å². The second-order valence-corrected chi connectivity index (χ2v) is 8.98. The van der Waals surface area contributed by atoms with Gasteiger partial charge in [-0.15, -0.1) is 0 Å². The predicted molar refractivity (Wildman–Crippen MR) is 118 cm³/mol. The zero-order valence-electron chi connectivity index (χ0n) is 19.0. The van der Waals surface area contributed by atoms with Crippen molar-refractivity contribution in [2.75, 3.05) is 18.5 Å². The van der Waals surface area contributed by atoms with E-state index in [1.54, 1.807) is 19.9 Å². The third-order valence-corrected chi connectivity index (χ3v) is 6.51. The molecule has 0 bridgehead atoms. The summed E-state index contributed by atoms with van der Waals surface area (Å²) < 4.78 is 80.2. The lowest BCUT2D eigenvalue weighted by Gasteiger charge is -2.28. The van der Waals surface area contributed by atoms with E-state index >= 15 is 0 Å². The van der Waals surface area contributed by atoms with Gasteiger partial charge in [0, 0.05) is 11.1 Å². The average molecular weight is 494 g/mol. The Bertz CT molecular complexity index is 1260. The molecule has 0 amide bonds. The lowest BCUT2D eigenvalue weighted by Crippen LogP contribution is -2.39. The number of nitrogens with zero attached hydrogens (tertiary/aromatic N) is 3. The van der Waals surface area contributed by atoms with Gasteiger partial charge < -0.3 is 14.8 Å². The number of anilines is 1. The first-order chi connectivity index (χ1) is 16.7. The van der Waals surface area contributed by atoms with Gasteiger partial charge in [-0.3, -0.25) is 0 Å². The molecule has 5 rings (SSSR count). The minimum Gasteiger partial charge on any atom is -0.469 e. The van der Waals surface area contributed by atoms with Crippen molar-refractivity contribution in [1.29, 1.82) is 0 Å². The van der Waals surface area contributed by atoms with Gasteiger partial charge in [-0.1, -0.05) is 18.2 Å². The Morgan fingerprint density at radius 1 is 1.09 bits per heavy atom. The Morgan fingerprint density at radius 3 is 2.40 bits per heavy atom. The highest BCUT2D eigenvalue weighted by Crippen LogP contribution is 2.55. The van der Waals surface area contributed by atoms with E-state index in [1.165, 1.54) is 12.1 Å². The predicted octanol–water partition coefficient (Wildman–Crippen LogP) is 5.66. The molecule has 1 aromatic carbocycles. The topological polar surface area (TPSA) is 69.2 Å². The Hall–Kier alpha value is -3.08. The second kappa shape index (κ2) is 8.85. The molecule has 1 N–H and O–H groups in total. The van der Waals surface area contributed by atoms with E-state index in [1.807, 2.05) is 0 Å². The smallest absolute Gasteiger partial charge is 0.266 e. The molecule has 1 aliphatic carbocycles. The summed E-state index contributed by atoms with van der Waals surface area (Å²) in [5, 5.41) is 3.39. The maximum Gasteiger partial charge on any atom is 0.266 e. The van der Waals surface area contributed by atoms with Crippen molar-refractivity contribution < 1.29 is 31.4 Å². The normalized spacial score (nSPS) is 18.1. The Kier molecular flexibility index (Phi) is 5.98. The number of aromatic nitrogens is 3. The lowest BCUT2D eigenvalue weighted by molar-refractivity contribution is -0.0820. The molecule has 1 aliphatic heterocycles. The minimum atomic E-state index is -2.96. The number of hydrogen-bond donors (Lipinski definition) is 1. The van der Waals surface area contributed by atoms with Crippen LogP contribution in [0.4, 0.5) is 27.8 Å². The van der Waals surface area contributed by atoms with Gasteiger partial charge in [-0.2, -0.15) is 4.98 Å². The molecule has 35 heavy (non-hydrogen) atoms. The maximum absolute atomic E-state index is 14.7. The number of rotatable bonds is 8. The molecular weight excluding hydrogens is 471 g/mol. The molecule has 2 aliphatic rings. The molecule has 11 heteroatoms. The van der Waals surface area contributed by atoms with Crippen molar-refractivity contribution in [3.63, 3.8) is 0 Å². The van der Waals surface area contributed by atoms with Crippen molar-refractivity contribution in [3.8, 4) is 5.88 Å². The summed E-state index contributed by atoms with van der Waals surface area (Å²) in [6.45, 7) is 3.92. The summed E-state index contributed by atoms with van der Waals surface area (Å²) in [5.74, 6) is -0.345. The van der Waals surface area contributed by atoms with Gasteiger partial charge in [0.25, 0.3) is 6.43 Å². The maximum atomic E-state index is 14.7. The number of aryl methyl sites for hydroxylation is 1. The summed E-state index contributed by atoms with van der Waals surface area (Å²) in [5.41, 5.74) is -1.55. The summed E-state index contributed by atoms with van der Waals surface area (Å²) in [4.78, 5) is 13.2. The van der Waals surface area contributed by atoms with Crippen LogP contribution in [0, 0.1) is 12.7 Å². The number of halogens is 5. The fourth-order valence-corrected chi connectivity index (χ4v) is 4.24. The monoisotopic (exact) mass is 494 g/mol. The zero-order chi connectivity index (χ0) is 24.9. The number of pyridine rings is 1. The van der Waals surface area contributed by atoms with Crippen molar-refractivity contribution >= 4 is 16.9 Å². The van der Waals surface area contributed by atoms with Gasteiger partial charge in [-0.25, -0.2) is 31.9 Å². The summed E-state index contributed by atoms with van der Waals surface area (Å²) in [6, 6.07) is 4.58. The number of ether oxygens (including phenoxy) is 2. The SMILES string of the molecule is Cc1nc(NC(C)c2cccc(C(F)F)c2F)c2cc(C3(C(F)F)CC3)c(OC3COC3)nc2n1. The van der Waals surface area contributed by atoms with Crippen LogP contribution in [-0.2, 0) is 10.2 Å². The number of alkyl halides is 4. The van der Waals surface area contributed by atoms with Crippen LogP contribution in [0.3, 0.4) is 0 Å². The fourth-order valence-electron chi connectivity index (χ4n) is 4.24. The van der Waals surface area contributed by atoms with Crippen LogP contribution in [0.5, 0.6) is 5.88 Å². The zero-order valence-corrected chi connectivity index (χ0v) is 19.0. The van der Waals surface area contributed by atoms with Crippen molar-refractivity contribution in [2.45, 2.75) is 57.1 Å². The number of hydrogen-bond acceptors (Lipinski definition) is 6. The third kappa shape index (κ3) is 4.26. The first kappa shape index (κ1) is 23.7. The van der Waals surface area contributed by atoms with Crippen LogP contribution < -0.4 is 10.1 Å². The quantitative estimate of drug-likeness (QED) is 0.408. The fraction of sp³-hybridized carbons (Fsp3) is 0.458. The summed E-state index contributed by atoms with van der Waals surface area (Å²) in [6.07, 6.45) is -5.29. The Morgan fingerprint density at radius 2 is 1.80 bits per heavy atom. The first-order valence-electron chi connectivity index (χ1n) is 11.2. The van der Waals surface area contributed by atoms with Gasteiger partial charge in [0.2, 0.25) is 12.3 Å². The average Bonchev–Trinajstić information content (AvgIpc) is 3.57. The van der Waals surface area contributed by atoms with E-state index in [0.717, 1.165) is 6.07 Å². The summed E-state index contributed by atoms with van der Waals surface area (Å²) in [7, 11) is 0. The van der Waals surface area contributed by atoms with Crippen molar-refractivity contribution in [3.05, 3.63) is 52.6 Å². The molecule has 3 aromatic rings. The van der Waals surface area contributed by atoms with Crippen LogP contribution in [0.25, 0.3) is 11.0 Å². The van der Waals surface area contributed by atoms with Gasteiger partial charge in [-0.05, 0) is 32.8 Å². The molecular formula is C24H23F5N4O2. The summed E-state index contributed by atoms with van der Waals surface area (Å²) >= 11 is 0. The van der Waals surface area contributed by atoms with Gasteiger partial charge in [0.05, 0.1) is 35.6 Å². The molecule has 1 unspecified atom stereocenters. The van der Waals surface area contributed by atoms with E-state index < -0.39 is 35.7 Å². The minimum absolute atomic E-state index is 0.0246. The van der Waals surface area contributed by atoms with E-state index in [2.05, 4.69) is 20.3 Å². The highest BCUT2D eigenvalue weighted by molar-refractivity contribution is 5.88. The molecule has 1 atom stereocenters. The number of benzene rings is 1.